The first-order chi connectivity index (χ1) is 10.4. The Kier molecular flexibility index (Phi) is 5.87. The number of hydrogen-bond acceptors (Lipinski definition) is 3. The molecule has 0 amide bonds. The zero-order chi connectivity index (χ0) is 16.2. The van der Waals surface area contributed by atoms with Gasteiger partial charge in [-0.15, -0.1) is 11.3 Å². The summed E-state index contributed by atoms with van der Waals surface area (Å²) in [6.07, 6.45) is 2.73. The Morgan fingerprint density at radius 1 is 1.41 bits per heavy atom. The molecule has 0 saturated heterocycles. The third-order valence-electron chi connectivity index (χ3n) is 4.42. The van der Waals surface area contributed by atoms with Crippen LogP contribution in [0, 0.1) is 5.92 Å². The van der Waals surface area contributed by atoms with Crippen molar-refractivity contribution in [2.24, 2.45) is 10.9 Å². The number of hydrogen-bond donors (Lipinski definition) is 2. The molecule has 0 aliphatic heterocycles. The fraction of sp³-hybridized carbons (Fsp3) is 0.706. The third-order valence-corrected chi connectivity index (χ3v) is 5.65. The van der Waals surface area contributed by atoms with E-state index in [9.17, 15) is 0 Å². The molecule has 1 atom stereocenters. The number of rotatable bonds is 7. The van der Waals surface area contributed by atoms with Gasteiger partial charge in [0.15, 0.2) is 5.96 Å². The molecule has 1 aliphatic carbocycles. The SMILES string of the molecule is CN=C(NCC(C1CC1)N(C)C)NCC(C)(C)c1cccs1. The predicted molar refractivity (Wildman–Crippen MR) is 96.9 cm³/mol. The normalized spacial score (nSPS) is 17.6. The molecule has 0 aromatic carbocycles. The summed E-state index contributed by atoms with van der Waals surface area (Å²) in [5.74, 6) is 1.75. The highest BCUT2D eigenvalue weighted by Crippen LogP contribution is 2.34. The average molecular weight is 323 g/mol. The zero-order valence-corrected chi connectivity index (χ0v) is 15.3. The van der Waals surface area contributed by atoms with E-state index in [1.54, 1.807) is 0 Å². The number of thiophene rings is 1. The Morgan fingerprint density at radius 3 is 2.64 bits per heavy atom. The van der Waals surface area contributed by atoms with Crippen LogP contribution >= 0.6 is 11.3 Å². The lowest BCUT2D eigenvalue weighted by atomic mass is 9.91. The molecule has 0 radical (unpaired) electrons. The zero-order valence-electron chi connectivity index (χ0n) is 14.5. The number of likely N-dealkylation sites (N-methyl/N-ethyl adjacent to an activating group) is 1. The molecule has 0 bridgehead atoms. The van der Waals surface area contributed by atoms with Crippen molar-refractivity contribution in [1.82, 2.24) is 15.5 Å². The molecule has 22 heavy (non-hydrogen) atoms. The Balaban J connectivity index is 1.82. The van der Waals surface area contributed by atoms with Gasteiger partial charge in [0.1, 0.15) is 0 Å². The second-order valence-corrected chi connectivity index (χ2v) is 7.98. The quantitative estimate of drug-likeness (QED) is 0.598. The van der Waals surface area contributed by atoms with E-state index in [1.807, 2.05) is 18.4 Å². The summed E-state index contributed by atoms with van der Waals surface area (Å²) in [4.78, 5) is 8.09. The topological polar surface area (TPSA) is 39.7 Å². The van der Waals surface area contributed by atoms with Crippen molar-refractivity contribution in [1.29, 1.82) is 0 Å². The summed E-state index contributed by atoms with van der Waals surface area (Å²) in [6, 6.07) is 4.92. The molecular formula is C17H30N4S. The van der Waals surface area contributed by atoms with Gasteiger partial charge in [0.2, 0.25) is 0 Å². The number of nitrogens with one attached hydrogen (secondary N) is 2. The van der Waals surface area contributed by atoms with Crippen LogP contribution < -0.4 is 10.6 Å². The molecule has 1 aliphatic rings. The number of guanidine groups is 1. The Hall–Kier alpha value is -1.07. The maximum absolute atomic E-state index is 4.36. The maximum atomic E-state index is 4.36. The lowest BCUT2D eigenvalue weighted by Crippen LogP contribution is -2.48. The van der Waals surface area contributed by atoms with E-state index in [-0.39, 0.29) is 5.41 Å². The van der Waals surface area contributed by atoms with Crippen molar-refractivity contribution in [3.8, 4) is 0 Å². The van der Waals surface area contributed by atoms with Crippen LogP contribution in [-0.2, 0) is 5.41 Å². The molecule has 1 heterocycles. The molecule has 0 spiro atoms. The molecule has 124 valence electrons. The van der Waals surface area contributed by atoms with Crippen LogP contribution in [0.4, 0.5) is 0 Å². The standard InChI is InChI=1S/C17H30N4S/c1-17(2,15-7-6-10-22-15)12-20-16(18-3)19-11-14(21(4)5)13-8-9-13/h6-7,10,13-14H,8-9,11-12H2,1-5H3,(H2,18,19,20). The molecule has 1 aromatic heterocycles. The lowest BCUT2D eigenvalue weighted by molar-refractivity contribution is 0.264. The van der Waals surface area contributed by atoms with Crippen LogP contribution in [0.5, 0.6) is 0 Å². The highest BCUT2D eigenvalue weighted by Gasteiger charge is 2.32. The first kappa shape index (κ1) is 17.3. The minimum absolute atomic E-state index is 0.114. The molecule has 1 aromatic rings. The van der Waals surface area contributed by atoms with Crippen molar-refractivity contribution in [3.05, 3.63) is 22.4 Å². The molecule has 1 fully saturated rings. The van der Waals surface area contributed by atoms with E-state index in [0.717, 1.165) is 25.0 Å². The second-order valence-electron chi connectivity index (χ2n) is 7.04. The summed E-state index contributed by atoms with van der Waals surface area (Å²) < 4.78 is 0. The molecule has 5 heteroatoms. The van der Waals surface area contributed by atoms with Gasteiger partial charge in [0, 0.05) is 36.5 Å². The van der Waals surface area contributed by atoms with Gasteiger partial charge in [-0.05, 0) is 44.3 Å². The summed E-state index contributed by atoms with van der Waals surface area (Å²) >= 11 is 1.82. The van der Waals surface area contributed by atoms with Crippen molar-refractivity contribution in [2.75, 3.05) is 34.2 Å². The Labute approximate surface area is 139 Å². The van der Waals surface area contributed by atoms with Crippen molar-refractivity contribution in [3.63, 3.8) is 0 Å². The monoisotopic (exact) mass is 322 g/mol. The summed E-state index contributed by atoms with van der Waals surface area (Å²) in [5.41, 5.74) is 0.114. The molecular weight excluding hydrogens is 292 g/mol. The Morgan fingerprint density at radius 2 is 2.14 bits per heavy atom. The predicted octanol–water partition coefficient (Wildman–Crippen LogP) is 2.53. The van der Waals surface area contributed by atoms with Crippen LogP contribution in [0.25, 0.3) is 0 Å². The van der Waals surface area contributed by atoms with E-state index < -0.39 is 0 Å². The molecule has 1 unspecified atom stereocenters. The van der Waals surface area contributed by atoms with Gasteiger partial charge < -0.3 is 15.5 Å². The minimum Gasteiger partial charge on any atom is -0.356 e. The van der Waals surface area contributed by atoms with Gasteiger partial charge in [-0.2, -0.15) is 0 Å². The summed E-state index contributed by atoms with van der Waals surface area (Å²) in [6.45, 7) is 6.37. The van der Waals surface area contributed by atoms with E-state index in [0.29, 0.717) is 6.04 Å². The Bertz CT molecular complexity index is 473. The fourth-order valence-electron chi connectivity index (χ4n) is 2.73. The summed E-state index contributed by atoms with van der Waals surface area (Å²) in [5, 5.41) is 9.11. The third kappa shape index (κ3) is 4.71. The van der Waals surface area contributed by atoms with E-state index in [2.05, 4.69) is 66.0 Å². The second kappa shape index (κ2) is 7.47. The van der Waals surface area contributed by atoms with Crippen molar-refractivity contribution in [2.45, 2.75) is 38.1 Å². The lowest BCUT2D eigenvalue weighted by Gasteiger charge is -2.27. The summed E-state index contributed by atoms with van der Waals surface area (Å²) in [7, 11) is 6.18. The number of nitrogens with zero attached hydrogens (tertiary/aromatic N) is 2. The van der Waals surface area contributed by atoms with Gasteiger partial charge in [-0.3, -0.25) is 4.99 Å². The van der Waals surface area contributed by atoms with Gasteiger partial charge in [0.05, 0.1) is 0 Å². The molecule has 2 N–H and O–H groups in total. The van der Waals surface area contributed by atoms with Crippen LogP contribution in [0.15, 0.2) is 22.5 Å². The molecule has 2 rings (SSSR count). The first-order valence-corrected chi connectivity index (χ1v) is 8.97. The van der Waals surface area contributed by atoms with E-state index >= 15 is 0 Å². The van der Waals surface area contributed by atoms with Crippen LogP contribution in [0.3, 0.4) is 0 Å². The highest BCUT2D eigenvalue weighted by molar-refractivity contribution is 7.10. The van der Waals surface area contributed by atoms with E-state index in [1.165, 1.54) is 17.7 Å². The van der Waals surface area contributed by atoms with Gasteiger partial charge in [0.25, 0.3) is 0 Å². The average Bonchev–Trinajstić information content (AvgIpc) is 3.13. The largest absolute Gasteiger partial charge is 0.356 e. The first-order valence-electron chi connectivity index (χ1n) is 8.09. The van der Waals surface area contributed by atoms with Gasteiger partial charge in [-0.25, -0.2) is 0 Å². The van der Waals surface area contributed by atoms with Gasteiger partial charge in [-0.1, -0.05) is 19.9 Å². The fourth-order valence-corrected chi connectivity index (χ4v) is 3.58. The van der Waals surface area contributed by atoms with Crippen LogP contribution in [0.1, 0.15) is 31.6 Å². The van der Waals surface area contributed by atoms with Crippen LogP contribution in [-0.4, -0.2) is 51.1 Å². The van der Waals surface area contributed by atoms with Gasteiger partial charge >= 0.3 is 0 Å². The highest BCUT2D eigenvalue weighted by atomic mass is 32.1. The maximum Gasteiger partial charge on any atom is 0.191 e. The smallest absolute Gasteiger partial charge is 0.191 e. The van der Waals surface area contributed by atoms with E-state index in [4.69, 9.17) is 0 Å². The van der Waals surface area contributed by atoms with Crippen LogP contribution in [0.2, 0.25) is 0 Å². The minimum atomic E-state index is 0.114. The molecule has 4 nitrogen and oxygen atoms in total. The van der Waals surface area contributed by atoms with Crippen molar-refractivity contribution < 1.29 is 0 Å². The molecule has 1 saturated carbocycles. The van der Waals surface area contributed by atoms with Crippen molar-refractivity contribution >= 4 is 17.3 Å². The number of aliphatic imine (C=N–C) groups is 1.